The van der Waals surface area contributed by atoms with Crippen LogP contribution in [0.15, 0.2) is 42.5 Å². The Morgan fingerprint density at radius 2 is 2.00 bits per heavy atom. The van der Waals surface area contributed by atoms with E-state index in [0.717, 1.165) is 12.2 Å². The van der Waals surface area contributed by atoms with Crippen molar-refractivity contribution in [2.45, 2.75) is 24.1 Å². The van der Waals surface area contributed by atoms with E-state index in [9.17, 15) is 0 Å². The fraction of sp³-hybridized carbons (Fsp3) is 0.294. The van der Waals surface area contributed by atoms with Gasteiger partial charge in [0.15, 0.2) is 0 Å². The predicted molar refractivity (Wildman–Crippen MR) is 82.3 cm³/mol. The standard InChI is InChI=1S/C17H17BrO/c1-11-7-8-16(19-2)15(9-11)17(18)14-10-12-5-3-4-6-13(12)14/h3-9,14,17H,10H2,1-2H3. The summed E-state index contributed by atoms with van der Waals surface area (Å²) in [6, 6.07) is 15.1. The molecule has 0 amide bonds. The molecule has 1 aliphatic rings. The van der Waals surface area contributed by atoms with Crippen LogP contribution in [0, 0.1) is 6.92 Å². The van der Waals surface area contributed by atoms with Gasteiger partial charge >= 0.3 is 0 Å². The summed E-state index contributed by atoms with van der Waals surface area (Å²) in [7, 11) is 1.74. The zero-order valence-electron chi connectivity index (χ0n) is 11.2. The first-order chi connectivity index (χ1) is 9.20. The van der Waals surface area contributed by atoms with Crippen molar-refractivity contribution < 1.29 is 4.74 Å². The van der Waals surface area contributed by atoms with Crippen molar-refractivity contribution >= 4 is 15.9 Å². The van der Waals surface area contributed by atoms with Crippen LogP contribution in [0.3, 0.4) is 0 Å². The topological polar surface area (TPSA) is 9.23 Å². The van der Waals surface area contributed by atoms with E-state index < -0.39 is 0 Å². The average molecular weight is 317 g/mol. The van der Waals surface area contributed by atoms with Gasteiger partial charge in [0.1, 0.15) is 5.75 Å². The van der Waals surface area contributed by atoms with E-state index in [0.29, 0.717) is 10.7 Å². The molecule has 0 saturated carbocycles. The lowest BCUT2D eigenvalue weighted by atomic mass is 9.74. The van der Waals surface area contributed by atoms with Crippen LogP contribution in [0.25, 0.3) is 0 Å². The molecular formula is C17H17BrO. The fourth-order valence-electron chi connectivity index (χ4n) is 2.84. The second kappa shape index (κ2) is 5.01. The summed E-state index contributed by atoms with van der Waals surface area (Å²) in [5.41, 5.74) is 5.46. The Morgan fingerprint density at radius 1 is 1.21 bits per heavy atom. The Kier molecular flexibility index (Phi) is 3.36. The highest BCUT2D eigenvalue weighted by atomic mass is 79.9. The van der Waals surface area contributed by atoms with Crippen molar-refractivity contribution in [1.29, 1.82) is 0 Å². The van der Waals surface area contributed by atoms with Crippen LogP contribution in [0.1, 0.15) is 33.0 Å². The van der Waals surface area contributed by atoms with E-state index in [-0.39, 0.29) is 0 Å². The van der Waals surface area contributed by atoms with Crippen LogP contribution < -0.4 is 4.74 Å². The van der Waals surface area contributed by atoms with E-state index in [1.807, 2.05) is 0 Å². The molecule has 0 spiro atoms. The first kappa shape index (κ1) is 12.7. The third kappa shape index (κ3) is 2.18. The van der Waals surface area contributed by atoms with Gasteiger partial charge in [-0.1, -0.05) is 57.9 Å². The molecule has 0 heterocycles. The monoisotopic (exact) mass is 316 g/mol. The number of alkyl halides is 1. The second-order valence-electron chi connectivity index (χ2n) is 5.16. The molecule has 0 fully saturated rings. The van der Waals surface area contributed by atoms with Crippen molar-refractivity contribution in [3.05, 3.63) is 64.7 Å². The molecule has 19 heavy (non-hydrogen) atoms. The Balaban J connectivity index is 1.94. The van der Waals surface area contributed by atoms with Crippen molar-refractivity contribution in [1.82, 2.24) is 0 Å². The van der Waals surface area contributed by atoms with Gasteiger partial charge in [0, 0.05) is 11.5 Å². The molecule has 0 bridgehead atoms. The van der Waals surface area contributed by atoms with Crippen LogP contribution in [0.5, 0.6) is 5.75 Å². The summed E-state index contributed by atoms with van der Waals surface area (Å²) >= 11 is 3.88. The van der Waals surface area contributed by atoms with Crippen LogP contribution >= 0.6 is 15.9 Å². The van der Waals surface area contributed by atoms with E-state index in [1.165, 1.54) is 22.3 Å². The summed E-state index contributed by atoms with van der Waals surface area (Å²) < 4.78 is 5.50. The molecule has 1 nitrogen and oxygen atoms in total. The average Bonchev–Trinajstić information content (AvgIpc) is 2.40. The third-order valence-electron chi connectivity index (χ3n) is 3.93. The van der Waals surface area contributed by atoms with Crippen molar-refractivity contribution in [3.8, 4) is 5.75 Å². The SMILES string of the molecule is COc1ccc(C)cc1C(Br)C1Cc2ccccc21. The molecule has 0 aliphatic heterocycles. The molecule has 0 N–H and O–H groups in total. The normalized spacial score (nSPS) is 18.4. The minimum absolute atomic E-state index is 0.317. The lowest BCUT2D eigenvalue weighted by molar-refractivity contribution is 0.406. The summed E-state index contributed by atoms with van der Waals surface area (Å²) in [6.45, 7) is 2.12. The molecule has 0 saturated heterocycles. The van der Waals surface area contributed by atoms with Gasteiger partial charge < -0.3 is 4.74 Å². The van der Waals surface area contributed by atoms with Gasteiger partial charge in [0.05, 0.1) is 11.9 Å². The summed E-state index contributed by atoms with van der Waals surface area (Å²) in [6.07, 6.45) is 1.14. The maximum atomic E-state index is 5.50. The first-order valence-electron chi connectivity index (χ1n) is 6.57. The molecule has 2 aromatic carbocycles. The Morgan fingerprint density at radius 3 is 2.74 bits per heavy atom. The summed E-state index contributed by atoms with van der Waals surface area (Å²) in [5, 5.41) is 0. The van der Waals surface area contributed by atoms with Gasteiger partial charge in [-0.25, -0.2) is 0 Å². The molecule has 2 aromatic rings. The number of hydrogen-bond acceptors (Lipinski definition) is 1. The molecule has 98 valence electrons. The molecule has 0 radical (unpaired) electrons. The van der Waals surface area contributed by atoms with Crippen molar-refractivity contribution in [2.24, 2.45) is 0 Å². The zero-order valence-corrected chi connectivity index (χ0v) is 12.8. The van der Waals surface area contributed by atoms with Crippen LogP contribution in [0.4, 0.5) is 0 Å². The number of methoxy groups -OCH3 is 1. The minimum Gasteiger partial charge on any atom is -0.496 e. The van der Waals surface area contributed by atoms with Gasteiger partial charge in [-0.3, -0.25) is 0 Å². The van der Waals surface area contributed by atoms with Gasteiger partial charge in [0.25, 0.3) is 0 Å². The van der Waals surface area contributed by atoms with Crippen LogP contribution in [0.2, 0.25) is 0 Å². The molecule has 3 rings (SSSR count). The highest BCUT2D eigenvalue weighted by Crippen LogP contribution is 2.49. The Bertz CT molecular complexity index is 606. The molecule has 0 aromatic heterocycles. The van der Waals surface area contributed by atoms with Gasteiger partial charge in [-0.2, -0.15) is 0 Å². The van der Waals surface area contributed by atoms with Gasteiger partial charge in [-0.05, 0) is 30.5 Å². The molecule has 2 heteroatoms. The number of ether oxygens (including phenoxy) is 1. The maximum absolute atomic E-state index is 5.50. The van der Waals surface area contributed by atoms with Crippen molar-refractivity contribution in [3.63, 3.8) is 0 Å². The number of halogens is 1. The zero-order chi connectivity index (χ0) is 13.4. The maximum Gasteiger partial charge on any atom is 0.123 e. The lowest BCUT2D eigenvalue weighted by Gasteiger charge is -2.34. The molecule has 2 atom stereocenters. The van der Waals surface area contributed by atoms with Crippen LogP contribution in [-0.4, -0.2) is 7.11 Å². The lowest BCUT2D eigenvalue weighted by Crippen LogP contribution is -2.21. The highest BCUT2D eigenvalue weighted by molar-refractivity contribution is 9.09. The predicted octanol–water partition coefficient (Wildman–Crippen LogP) is 4.78. The number of aryl methyl sites for hydroxylation is 1. The Labute approximate surface area is 122 Å². The molecule has 2 unspecified atom stereocenters. The van der Waals surface area contributed by atoms with Crippen LogP contribution in [-0.2, 0) is 6.42 Å². The molecule has 1 aliphatic carbocycles. The Hall–Kier alpha value is -1.28. The number of fused-ring (bicyclic) bond motifs is 1. The second-order valence-corrected chi connectivity index (χ2v) is 6.14. The summed E-state index contributed by atoms with van der Waals surface area (Å²) in [4.78, 5) is 0.317. The number of benzene rings is 2. The first-order valence-corrected chi connectivity index (χ1v) is 7.48. The van der Waals surface area contributed by atoms with E-state index in [1.54, 1.807) is 7.11 Å². The van der Waals surface area contributed by atoms with Gasteiger partial charge in [-0.15, -0.1) is 0 Å². The largest absolute Gasteiger partial charge is 0.496 e. The molecular weight excluding hydrogens is 300 g/mol. The number of hydrogen-bond donors (Lipinski definition) is 0. The van der Waals surface area contributed by atoms with E-state index >= 15 is 0 Å². The third-order valence-corrected chi connectivity index (χ3v) is 5.06. The number of rotatable bonds is 3. The summed E-state index contributed by atoms with van der Waals surface area (Å²) in [5.74, 6) is 1.52. The van der Waals surface area contributed by atoms with E-state index in [4.69, 9.17) is 4.74 Å². The quantitative estimate of drug-likeness (QED) is 0.740. The highest BCUT2D eigenvalue weighted by Gasteiger charge is 2.33. The minimum atomic E-state index is 0.317. The van der Waals surface area contributed by atoms with Gasteiger partial charge in [0.2, 0.25) is 0 Å². The smallest absolute Gasteiger partial charge is 0.123 e. The van der Waals surface area contributed by atoms with Crippen molar-refractivity contribution in [2.75, 3.05) is 7.11 Å². The van der Waals surface area contributed by atoms with E-state index in [2.05, 4.69) is 65.3 Å². The fourth-order valence-corrected chi connectivity index (χ4v) is 3.67.